The predicted octanol–water partition coefficient (Wildman–Crippen LogP) is 0.625. The Morgan fingerprint density at radius 1 is 1.41 bits per heavy atom. The summed E-state index contributed by atoms with van der Waals surface area (Å²) in [6.07, 6.45) is -1.14. The smallest absolute Gasteiger partial charge is 0.345 e. The van der Waals surface area contributed by atoms with Gasteiger partial charge in [-0.3, -0.25) is 14.9 Å². The Hall–Kier alpha value is -2.44. The Morgan fingerprint density at radius 3 is 2.53 bits per heavy atom. The van der Waals surface area contributed by atoms with Crippen molar-refractivity contribution in [3.05, 3.63) is 39.9 Å². The molecule has 0 bridgehead atoms. The maximum Gasteiger partial charge on any atom is 0.345 e. The number of carbonyl (C=O) groups excluding carboxylic acids is 2. The fourth-order valence-electron chi connectivity index (χ4n) is 1.09. The third kappa shape index (κ3) is 3.00. The average Bonchev–Trinajstić information content (AvgIpc) is 2.28. The first-order valence-corrected chi connectivity index (χ1v) is 4.67. The van der Waals surface area contributed by atoms with Crippen LogP contribution in [0.1, 0.15) is 17.3 Å². The zero-order valence-corrected chi connectivity index (χ0v) is 8.95. The molecule has 90 valence electrons. The van der Waals surface area contributed by atoms with E-state index < -0.39 is 22.9 Å². The van der Waals surface area contributed by atoms with Crippen LogP contribution >= 0.6 is 0 Å². The molecule has 1 amide bonds. The van der Waals surface area contributed by atoms with Gasteiger partial charge >= 0.3 is 5.97 Å². The zero-order chi connectivity index (χ0) is 13.0. The second-order valence-electron chi connectivity index (χ2n) is 3.22. The van der Waals surface area contributed by atoms with Crippen LogP contribution < -0.4 is 5.73 Å². The Kier molecular flexibility index (Phi) is 3.76. The van der Waals surface area contributed by atoms with Gasteiger partial charge in [-0.15, -0.1) is 0 Å². The minimum atomic E-state index is -1.14. The van der Waals surface area contributed by atoms with Crippen molar-refractivity contribution in [2.24, 2.45) is 5.73 Å². The van der Waals surface area contributed by atoms with E-state index >= 15 is 0 Å². The summed E-state index contributed by atoms with van der Waals surface area (Å²) in [7, 11) is 0. The minimum absolute atomic E-state index is 0.217. The molecule has 1 unspecified atom stereocenters. The summed E-state index contributed by atoms with van der Waals surface area (Å²) in [5, 5.41) is 10.7. The number of rotatable bonds is 4. The number of esters is 1. The second kappa shape index (κ2) is 5.06. The van der Waals surface area contributed by atoms with Crippen LogP contribution in [0.25, 0.3) is 0 Å². The first kappa shape index (κ1) is 12.6. The van der Waals surface area contributed by atoms with Crippen LogP contribution in [0.3, 0.4) is 0 Å². The molecule has 1 atom stereocenters. The number of nitro groups is 1. The summed E-state index contributed by atoms with van der Waals surface area (Å²) in [5.41, 5.74) is 4.31. The predicted molar refractivity (Wildman–Crippen MR) is 57.2 cm³/mol. The molecule has 2 N–H and O–H groups in total. The molecule has 0 aromatic heterocycles. The van der Waals surface area contributed by atoms with Gasteiger partial charge in [0.15, 0.2) is 6.10 Å². The van der Waals surface area contributed by atoms with Gasteiger partial charge in [-0.05, 0) is 13.0 Å². The summed E-state index contributed by atoms with van der Waals surface area (Å²) in [5.74, 6) is -1.78. The van der Waals surface area contributed by atoms with Crippen LogP contribution in [0.5, 0.6) is 0 Å². The molecule has 0 radical (unpaired) electrons. The lowest BCUT2D eigenvalue weighted by Crippen LogP contribution is -2.30. The van der Waals surface area contributed by atoms with Crippen LogP contribution in [0.15, 0.2) is 24.3 Å². The summed E-state index contributed by atoms with van der Waals surface area (Å²) < 4.78 is 4.67. The Morgan fingerprint density at radius 2 is 2.00 bits per heavy atom. The summed E-state index contributed by atoms with van der Waals surface area (Å²) in [4.78, 5) is 32.2. The molecule has 1 rings (SSSR count). The van der Waals surface area contributed by atoms with Crippen LogP contribution in [-0.4, -0.2) is 22.9 Å². The van der Waals surface area contributed by atoms with Crippen molar-refractivity contribution >= 4 is 17.6 Å². The van der Waals surface area contributed by atoms with E-state index in [1.165, 1.54) is 31.2 Å². The molecule has 0 spiro atoms. The van der Waals surface area contributed by atoms with E-state index in [2.05, 4.69) is 4.74 Å². The van der Waals surface area contributed by atoms with Gasteiger partial charge in [-0.2, -0.15) is 0 Å². The number of nitrogens with two attached hydrogens (primary N) is 1. The van der Waals surface area contributed by atoms with E-state index in [0.29, 0.717) is 0 Å². The number of nitro benzene ring substituents is 1. The Labute approximate surface area is 96.3 Å². The van der Waals surface area contributed by atoms with Gasteiger partial charge < -0.3 is 10.5 Å². The molecule has 1 aromatic rings. The SMILES string of the molecule is CC(OC(=O)c1ccccc1[N+](=O)[O-])C(N)=O. The highest BCUT2D eigenvalue weighted by atomic mass is 16.6. The molecule has 1 aromatic carbocycles. The van der Waals surface area contributed by atoms with Gasteiger partial charge in [0.25, 0.3) is 11.6 Å². The van der Waals surface area contributed by atoms with Crippen LogP contribution in [0.2, 0.25) is 0 Å². The fraction of sp³-hybridized carbons (Fsp3) is 0.200. The molecular weight excluding hydrogens is 228 g/mol. The summed E-state index contributed by atoms with van der Waals surface area (Å²) in [6.45, 7) is 1.29. The third-order valence-corrected chi connectivity index (χ3v) is 2.01. The highest BCUT2D eigenvalue weighted by molar-refractivity contribution is 5.95. The first-order valence-electron chi connectivity index (χ1n) is 4.67. The number of nitrogens with zero attached hydrogens (tertiary/aromatic N) is 1. The Balaban J connectivity index is 2.97. The highest BCUT2D eigenvalue weighted by Crippen LogP contribution is 2.18. The summed E-state index contributed by atoms with van der Waals surface area (Å²) >= 11 is 0. The number of hydrogen-bond donors (Lipinski definition) is 1. The van der Waals surface area contributed by atoms with Gasteiger partial charge in [0.2, 0.25) is 0 Å². The van der Waals surface area contributed by atoms with Crippen molar-refractivity contribution in [2.75, 3.05) is 0 Å². The number of primary amides is 1. The van der Waals surface area contributed by atoms with Crippen molar-refractivity contribution in [1.29, 1.82) is 0 Å². The number of amides is 1. The highest BCUT2D eigenvalue weighted by Gasteiger charge is 2.23. The lowest BCUT2D eigenvalue weighted by molar-refractivity contribution is -0.385. The van der Waals surface area contributed by atoms with Crippen LogP contribution in [0.4, 0.5) is 5.69 Å². The average molecular weight is 238 g/mol. The van der Waals surface area contributed by atoms with E-state index in [-0.39, 0.29) is 11.3 Å². The fourth-order valence-corrected chi connectivity index (χ4v) is 1.09. The largest absolute Gasteiger partial charge is 0.449 e. The van der Waals surface area contributed by atoms with Crippen LogP contribution in [-0.2, 0) is 9.53 Å². The van der Waals surface area contributed by atoms with Gasteiger partial charge in [0, 0.05) is 6.07 Å². The molecule has 0 heterocycles. The van der Waals surface area contributed by atoms with E-state index in [9.17, 15) is 19.7 Å². The first-order chi connectivity index (χ1) is 7.93. The second-order valence-corrected chi connectivity index (χ2v) is 3.22. The van der Waals surface area contributed by atoms with E-state index in [4.69, 9.17) is 5.73 Å². The number of carbonyl (C=O) groups is 2. The molecular formula is C10H10N2O5. The minimum Gasteiger partial charge on any atom is -0.449 e. The van der Waals surface area contributed by atoms with Gasteiger partial charge in [0.05, 0.1) is 4.92 Å². The maximum absolute atomic E-state index is 11.6. The molecule has 0 aliphatic heterocycles. The molecule has 0 saturated heterocycles. The number of benzene rings is 1. The third-order valence-electron chi connectivity index (χ3n) is 2.01. The molecule has 17 heavy (non-hydrogen) atoms. The molecule has 7 nitrogen and oxygen atoms in total. The molecule has 0 aliphatic rings. The lowest BCUT2D eigenvalue weighted by Gasteiger charge is -2.09. The van der Waals surface area contributed by atoms with Crippen molar-refractivity contribution in [1.82, 2.24) is 0 Å². The van der Waals surface area contributed by atoms with Crippen LogP contribution in [0, 0.1) is 10.1 Å². The van der Waals surface area contributed by atoms with E-state index in [1.807, 2.05) is 0 Å². The number of hydrogen-bond acceptors (Lipinski definition) is 5. The van der Waals surface area contributed by atoms with Crippen molar-refractivity contribution < 1.29 is 19.2 Å². The van der Waals surface area contributed by atoms with Gasteiger partial charge in [-0.25, -0.2) is 4.79 Å². The molecule has 0 saturated carbocycles. The topological polar surface area (TPSA) is 113 Å². The van der Waals surface area contributed by atoms with Gasteiger partial charge in [-0.1, -0.05) is 12.1 Å². The zero-order valence-electron chi connectivity index (χ0n) is 8.95. The molecule has 7 heteroatoms. The maximum atomic E-state index is 11.6. The standard InChI is InChI=1S/C10H10N2O5/c1-6(9(11)13)17-10(14)7-4-2-3-5-8(7)12(15)16/h2-6H,1H3,(H2,11,13). The lowest BCUT2D eigenvalue weighted by atomic mass is 10.2. The quantitative estimate of drug-likeness (QED) is 0.469. The molecule has 0 aliphatic carbocycles. The van der Waals surface area contributed by atoms with E-state index in [1.54, 1.807) is 0 Å². The summed E-state index contributed by atoms with van der Waals surface area (Å²) in [6, 6.07) is 5.30. The van der Waals surface area contributed by atoms with Crippen molar-refractivity contribution in [2.45, 2.75) is 13.0 Å². The Bertz CT molecular complexity index is 472. The number of para-hydroxylation sites is 1. The normalized spacial score (nSPS) is 11.6. The molecule has 0 fully saturated rings. The monoisotopic (exact) mass is 238 g/mol. The van der Waals surface area contributed by atoms with Crippen molar-refractivity contribution in [3.63, 3.8) is 0 Å². The van der Waals surface area contributed by atoms with Gasteiger partial charge in [0.1, 0.15) is 5.56 Å². The van der Waals surface area contributed by atoms with E-state index in [0.717, 1.165) is 0 Å². The number of ether oxygens (including phenoxy) is 1. The van der Waals surface area contributed by atoms with Crippen molar-refractivity contribution in [3.8, 4) is 0 Å².